The quantitative estimate of drug-likeness (QED) is 0.532. The van der Waals surface area contributed by atoms with Crippen molar-refractivity contribution in [3.63, 3.8) is 0 Å². The summed E-state index contributed by atoms with van der Waals surface area (Å²) in [5, 5.41) is 30.3. The lowest BCUT2D eigenvalue weighted by Crippen LogP contribution is -2.53. The molecule has 0 aromatic carbocycles. The number of alkyl halides is 1. The number of hydrogen-bond acceptors (Lipinski definition) is 7. The van der Waals surface area contributed by atoms with Gasteiger partial charge in [-0.3, -0.25) is 4.57 Å². The Morgan fingerprint density at radius 1 is 1.52 bits per heavy atom. The average Bonchev–Trinajstić information content (AvgIpc) is 3.08. The maximum atomic E-state index is 13.4. The predicted molar refractivity (Wildman–Crippen MR) is 77.6 cm³/mol. The van der Waals surface area contributed by atoms with Gasteiger partial charge in [0.2, 0.25) is 0 Å². The van der Waals surface area contributed by atoms with E-state index in [4.69, 9.17) is 16.9 Å². The van der Waals surface area contributed by atoms with Gasteiger partial charge in [-0.1, -0.05) is 5.92 Å². The molecule has 3 rings (SSSR count). The summed E-state index contributed by atoms with van der Waals surface area (Å²) in [6.45, 7) is -2.11. The molecule has 1 aliphatic heterocycles. The maximum absolute atomic E-state index is 13.4. The number of halogens is 1. The number of pyridine rings is 1. The van der Waals surface area contributed by atoms with Gasteiger partial charge in [-0.15, -0.1) is 6.42 Å². The molecule has 23 heavy (non-hydrogen) atoms. The third kappa shape index (κ3) is 1.93. The number of anilines is 1. The van der Waals surface area contributed by atoms with Gasteiger partial charge in [0.05, 0.1) is 18.6 Å². The van der Waals surface area contributed by atoms with Crippen LogP contribution in [0.15, 0.2) is 18.6 Å². The van der Waals surface area contributed by atoms with Crippen molar-refractivity contribution in [2.45, 2.75) is 23.5 Å². The normalized spacial score (nSPS) is 33.9. The van der Waals surface area contributed by atoms with Crippen molar-refractivity contribution in [1.29, 1.82) is 0 Å². The molecule has 8 nitrogen and oxygen atoms in total. The number of rotatable bonds is 3. The van der Waals surface area contributed by atoms with Crippen LogP contribution in [0.4, 0.5) is 10.1 Å². The van der Waals surface area contributed by atoms with E-state index >= 15 is 0 Å². The highest BCUT2D eigenvalue weighted by atomic mass is 19.1. The summed E-state index contributed by atoms with van der Waals surface area (Å²) in [6, 6.07) is 1.54. The largest absolute Gasteiger partial charge is 0.397 e. The van der Waals surface area contributed by atoms with Crippen LogP contribution in [0.5, 0.6) is 0 Å². The molecular formula is C14H15FN4O4. The molecule has 1 aliphatic rings. The third-order valence-corrected chi connectivity index (χ3v) is 4.11. The number of ether oxygens (including phenoxy) is 1. The molecule has 0 unspecified atom stereocenters. The second-order valence-electron chi connectivity index (χ2n) is 5.42. The lowest BCUT2D eigenvalue weighted by Gasteiger charge is -2.28. The topological polar surface area (TPSA) is 127 Å². The highest BCUT2D eigenvalue weighted by Gasteiger charge is 2.64. The minimum Gasteiger partial charge on any atom is -0.397 e. The second-order valence-corrected chi connectivity index (χ2v) is 5.42. The maximum Gasteiger partial charge on any atom is 0.199 e. The van der Waals surface area contributed by atoms with E-state index in [1.54, 1.807) is 0 Å². The molecule has 0 saturated carbocycles. The van der Waals surface area contributed by atoms with Gasteiger partial charge in [0, 0.05) is 6.20 Å². The molecule has 1 saturated heterocycles. The van der Waals surface area contributed by atoms with Gasteiger partial charge in [0.1, 0.15) is 18.3 Å². The van der Waals surface area contributed by atoms with E-state index in [9.17, 15) is 19.7 Å². The van der Waals surface area contributed by atoms with Crippen LogP contribution >= 0.6 is 0 Å². The van der Waals surface area contributed by atoms with Crippen molar-refractivity contribution >= 4 is 16.9 Å². The summed E-state index contributed by atoms with van der Waals surface area (Å²) in [5.74, 6) is 2.03. The van der Waals surface area contributed by atoms with Crippen molar-refractivity contribution in [3.8, 4) is 12.3 Å². The standard InChI is InChI=1S/C14H15FN4O4/c1-2-14(22)11(21)13(5-15,6-20)23-12(14)19-7-18-9-8(16)3-4-17-10(9)19/h1,3-4,7,11-12,20-22H,5-6H2,(H2,16,17)/t11-,12-,13-,14-/m1/s1. The summed E-state index contributed by atoms with van der Waals surface area (Å²) >= 11 is 0. The molecule has 2 aromatic heterocycles. The van der Waals surface area contributed by atoms with Gasteiger partial charge in [0.15, 0.2) is 23.1 Å². The van der Waals surface area contributed by atoms with E-state index in [2.05, 4.69) is 9.97 Å². The Hall–Kier alpha value is -2.25. The number of aliphatic hydroxyl groups is 3. The highest BCUT2D eigenvalue weighted by molar-refractivity contribution is 5.83. The monoisotopic (exact) mass is 322 g/mol. The van der Waals surface area contributed by atoms with Crippen LogP contribution in [0.2, 0.25) is 0 Å². The summed E-state index contributed by atoms with van der Waals surface area (Å²) in [6.07, 6.45) is 4.77. The second kappa shape index (κ2) is 5.14. The molecule has 3 heterocycles. The van der Waals surface area contributed by atoms with Gasteiger partial charge in [-0.25, -0.2) is 14.4 Å². The highest BCUT2D eigenvalue weighted by Crippen LogP contribution is 2.45. The van der Waals surface area contributed by atoms with Gasteiger partial charge >= 0.3 is 0 Å². The molecule has 1 fully saturated rings. The lowest BCUT2D eigenvalue weighted by molar-refractivity contribution is -0.137. The van der Waals surface area contributed by atoms with Crippen molar-refractivity contribution in [1.82, 2.24) is 14.5 Å². The molecule has 4 atom stereocenters. The number of nitrogen functional groups attached to an aromatic ring is 1. The van der Waals surface area contributed by atoms with Crippen LogP contribution < -0.4 is 5.73 Å². The molecule has 0 bridgehead atoms. The minimum atomic E-state index is -2.28. The molecule has 0 radical (unpaired) electrons. The van der Waals surface area contributed by atoms with E-state index in [0.29, 0.717) is 11.2 Å². The number of nitrogens with zero attached hydrogens (tertiary/aromatic N) is 3. The summed E-state index contributed by atoms with van der Waals surface area (Å²) in [7, 11) is 0. The van der Waals surface area contributed by atoms with Crippen molar-refractivity contribution in [3.05, 3.63) is 18.6 Å². The zero-order valence-corrected chi connectivity index (χ0v) is 11.9. The van der Waals surface area contributed by atoms with E-state index in [0.717, 1.165) is 0 Å². The Balaban J connectivity index is 2.18. The number of aliphatic hydroxyl groups excluding tert-OH is 2. The fourth-order valence-corrected chi connectivity index (χ4v) is 2.73. The Morgan fingerprint density at radius 3 is 2.87 bits per heavy atom. The fraction of sp³-hybridized carbons (Fsp3) is 0.429. The number of aromatic nitrogens is 3. The van der Waals surface area contributed by atoms with Crippen LogP contribution in [0, 0.1) is 12.3 Å². The first-order valence-corrected chi connectivity index (χ1v) is 6.73. The first kappa shape index (κ1) is 15.6. The Bertz CT molecular complexity index is 785. The van der Waals surface area contributed by atoms with Crippen molar-refractivity contribution in [2.24, 2.45) is 0 Å². The Labute approximate surface area is 130 Å². The van der Waals surface area contributed by atoms with Gasteiger partial charge in [-0.2, -0.15) is 0 Å². The average molecular weight is 322 g/mol. The van der Waals surface area contributed by atoms with Crippen LogP contribution in [0.25, 0.3) is 11.2 Å². The zero-order chi connectivity index (χ0) is 16.8. The molecule has 5 N–H and O–H groups in total. The van der Waals surface area contributed by atoms with E-state index in [1.165, 1.54) is 23.2 Å². The summed E-state index contributed by atoms with van der Waals surface area (Å²) in [4.78, 5) is 8.16. The van der Waals surface area contributed by atoms with Crippen LogP contribution in [-0.4, -0.2) is 60.4 Å². The van der Waals surface area contributed by atoms with Crippen molar-refractivity contribution in [2.75, 3.05) is 19.0 Å². The summed E-state index contributed by atoms with van der Waals surface area (Å²) < 4.78 is 20.1. The fourth-order valence-electron chi connectivity index (χ4n) is 2.73. The smallest absolute Gasteiger partial charge is 0.199 e. The number of fused-ring (bicyclic) bond motifs is 1. The van der Waals surface area contributed by atoms with Gasteiger partial charge in [-0.05, 0) is 6.07 Å². The lowest BCUT2D eigenvalue weighted by atomic mass is 9.87. The van der Waals surface area contributed by atoms with Crippen LogP contribution in [0.1, 0.15) is 6.23 Å². The molecule has 0 amide bonds. The molecule has 9 heteroatoms. The van der Waals surface area contributed by atoms with E-state index in [-0.39, 0.29) is 5.65 Å². The van der Waals surface area contributed by atoms with Crippen LogP contribution in [0.3, 0.4) is 0 Å². The Morgan fingerprint density at radius 2 is 2.26 bits per heavy atom. The summed E-state index contributed by atoms with van der Waals surface area (Å²) in [5.41, 5.74) is 2.39. The van der Waals surface area contributed by atoms with Crippen LogP contribution in [-0.2, 0) is 4.74 Å². The molecule has 0 aliphatic carbocycles. The molecular weight excluding hydrogens is 307 g/mol. The van der Waals surface area contributed by atoms with E-state index in [1.807, 2.05) is 5.92 Å². The first-order valence-electron chi connectivity index (χ1n) is 6.73. The molecule has 122 valence electrons. The van der Waals surface area contributed by atoms with Gasteiger partial charge < -0.3 is 25.8 Å². The number of terminal acetylenes is 1. The number of nitrogens with two attached hydrogens (primary N) is 1. The molecule has 0 spiro atoms. The van der Waals surface area contributed by atoms with Crippen molar-refractivity contribution < 1.29 is 24.4 Å². The SMILES string of the molecule is C#C[C@@]1(O)[C@H](O)[C@](CO)(CF)O[C@H]1n1cnc2c(N)ccnc21. The third-order valence-electron chi connectivity index (χ3n) is 4.11. The number of imidazole rings is 1. The van der Waals surface area contributed by atoms with Gasteiger partial charge in [0.25, 0.3) is 0 Å². The Kier molecular flexibility index (Phi) is 3.50. The first-order chi connectivity index (χ1) is 10.9. The molecule has 2 aromatic rings. The predicted octanol–water partition coefficient (Wildman–Crippen LogP) is -1.03. The number of hydrogen-bond donors (Lipinski definition) is 4. The minimum absolute atomic E-state index is 0.239. The van der Waals surface area contributed by atoms with E-state index < -0.39 is 36.8 Å². The zero-order valence-electron chi connectivity index (χ0n) is 11.9.